The van der Waals surface area contributed by atoms with Gasteiger partial charge in [-0.3, -0.25) is 4.90 Å². The zero-order chi connectivity index (χ0) is 33.4. The Hall–Kier alpha value is -5.81. The van der Waals surface area contributed by atoms with Gasteiger partial charge in [-0.15, -0.1) is 0 Å². The maximum absolute atomic E-state index is 10.9. The van der Waals surface area contributed by atoms with Crippen molar-refractivity contribution in [1.82, 2.24) is 15.0 Å². The van der Waals surface area contributed by atoms with E-state index in [9.17, 15) is 5.11 Å². The van der Waals surface area contributed by atoms with Gasteiger partial charge >= 0.3 is 0 Å². The van der Waals surface area contributed by atoms with Crippen LogP contribution in [0.5, 0.6) is 5.75 Å². The van der Waals surface area contributed by atoms with Crippen LogP contribution in [-0.4, -0.2) is 20.1 Å². The number of aromatic nitrogens is 3. The van der Waals surface area contributed by atoms with Gasteiger partial charge < -0.3 is 5.11 Å². The summed E-state index contributed by atoms with van der Waals surface area (Å²) < 4.78 is 0. The number of para-hydroxylation sites is 1. The van der Waals surface area contributed by atoms with E-state index < -0.39 is 0 Å². The molecule has 0 unspecified atom stereocenters. The summed E-state index contributed by atoms with van der Waals surface area (Å²) in [5.41, 5.74) is 9.29. The molecule has 0 atom stereocenters. The Bertz CT molecular complexity index is 2250. The molecule has 0 amide bonds. The van der Waals surface area contributed by atoms with Crippen LogP contribution in [0, 0.1) is 13.8 Å². The number of benzene rings is 5. The topological polar surface area (TPSA) is 62.1 Å². The molecular formula is C43H38N4O. The SMILES string of the molecule is Cc1cccc(C)c1-c1cc(-c2ccccc2O)nc(-c2cc(N(c3ccccn3)c3cccc4ccccc34)cc(C(C)(C)C)c2)n1. The molecule has 7 aromatic rings. The van der Waals surface area contributed by atoms with Crippen molar-refractivity contribution in [3.63, 3.8) is 0 Å². The number of fused-ring (bicyclic) bond motifs is 1. The predicted octanol–water partition coefficient (Wildman–Crippen LogP) is 11.1. The molecule has 0 fully saturated rings. The Morgan fingerprint density at radius 1 is 0.646 bits per heavy atom. The van der Waals surface area contributed by atoms with Gasteiger partial charge in [0.1, 0.15) is 11.6 Å². The molecule has 0 aliphatic heterocycles. The van der Waals surface area contributed by atoms with E-state index in [1.165, 1.54) is 0 Å². The molecule has 5 aromatic carbocycles. The molecule has 48 heavy (non-hydrogen) atoms. The van der Waals surface area contributed by atoms with Crippen molar-refractivity contribution in [2.24, 2.45) is 0 Å². The van der Waals surface area contributed by atoms with Crippen LogP contribution in [0.3, 0.4) is 0 Å². The number of phenolic OH excluding ortho intramolecular Hbond substituents is 1. The maximum Gasteiger partial charge on any atom is 0.160 e. The Balaban J connectivity index is 1.52. The summed E-state index contributed by atoms with van der Waals surface area (Å²) in [5, 5.41) is 13.2. The number of nitrogens with zero attached hydrogens (tertiary/aromatic N) is 4. The normalized spacial score (nSPS) is 11.5. The lowest BCUT2D eigenvalue weighted by Crippen LogP contribution is -2.16. The molecule has 0 radical (unpaired) electrons. The number of anilines is 3. The first kappa shape index (κ1) is 30.8. The quantitative estimate of drug-likeness (QED) is 0.199. The molecule has 236 valence electrons. The Morgan fingerprint density at radius 3 is 2.08 bits per heavy atom. The fourth-order valence-electron chi connectivity index (χ4n) is 6.34. The molecule has 1 N–H and O–H groups in total. The van der Waals surface area contributed by atoms with Crippen molar-refractivity contribution in [2.75, 3.05) is 4.90 Å². The molecule has 2 aromatic heterocycles. The van der Waals surface area contributed by atoms with Gasteiger partial charge in [-0.05, 0) is 95.9 Å². The van der Waals surface area contributed by atoms with Gasteiger partial charge in [0.05, 0.1) is 17.1 Å². The summed E-state index contributed by atoms with van der Waals surface area (Å²) in [7, 11) is 0. The van der Waals surface area contributed by atoms with Crippen LogP contribution in [0.2, 0.25) is 0 Å². The molecule has 5 nitrogen and oxygen atoms in total. The highest BCUT2D eigenvalue weighted by atomic mass is 16.3. The average molecular weight is 627 g/mol. The van der Waals surface area contributed by atoms with E-state index in [-0.39, 0.29) is 11.2 Å². The molecular weight excluding hydrogens is 589 g/mol. The fraction of sp³-hybridized carbons (Fsp3) is 0.140. The lowest BCUT2D eigenvalue weighted by atomic mass is 9.85. The highest BCUT2D eigenvalue weighted by molar-refractivity contribution is 5.98. The van der Waals surface area contributed by atoms with Crippen LogP contribution in [-0.2, 0) is 5.41 Å². The Morgan fingerprint density at radius 2 is 1.33 bits per heavy atom. The van der Waals surface area contributed by atoms with Crippen molar-refractivity contribution >= 4 is 28.0 Å². The van der Waals surface area contributed by atoms with Crippen LogP contribution in [0.1, 0.15) is 37.5 Å². The highest BCUT2D eigenvalue weighted by Crippen LogP contribution is 2.42. The number of phenols is 1. The van der Waals surface area contributed by atoms with Crippen LogP contribution in [0.15, 0.2) is 134 Å². The lowest BCUT2D eigenvalue weighted by molar-refractivity contribution is 0.477. The van der Waals surface area contributed by atoms with E-state index in [0.29, 0.717) is 17.1 Å². The van der Waals surface area contributed by atoms with E-state index in [1.54, 1.807) is 6.07 Å². The molecule has 0 bridgehead atoms. The third-order valence-corrected chi connectivity index (χ3v) is 8.83. The largest absolute Gasteiger partial charge is 0.507 e. The van der Waals surface area contributed by atoms with Crippen molar-refractivity contribution in [1.29, 1.82) is 0 Å². The summed E-state index contributed by atoms with van der Waals surface area (Å²) in [4.78, 5) is 17.4. The van der Waals surface area contributed by atoms with Gasteiger partial charge in [0.15, 0.2) is 5.82 Å². The van der Waals surface area contributed by atoms with E-state index in [2.05, 4.69) is 118 Å². The third-order valence-electron chi connectivity index (χ3n) is 8.83. The number of aryl methyl sites for hydroxylation is 2. The van der Waals surface area contributed by atoms with E-state index >= 15 is 0 Å². The minimum atomic E-state index is -0.177. The van der Waals surface area contributed by atoms with Crippen molar-refractivity contribution in [3.05, 3.63) is 150 Å². The maximum atomic E-state index is 10.9. The lowest BCUT2D eigenvalue weighted by Gasteiger charge is -2.29. The first-order valence-electron chi connectivity index (χ1n) is 16.3. The number of pyridine rings is 1. The molecule has 0 aliphatic carbocycles. The average Bonchev–Trinajstić information content (AvgIpc) is 3.08. The first-order chi connectivity index (χ1) is 23.2. The fourth-order valence-corrected chi connectivity index (χ4v) is 6.34. The highest BCUT2D eigenvalue weighted by Gasteiger charge is 2.23. The molecule has 0 aliphatic rings. The minimum absolute atomic E-state index is 0.177. The summed E-state index contributed by atoms with van der Waals surface area (Å²) >= 11 is 0. The molecule has 7 rings (SSSR count). The monoisotopic (exact) mass is 626 g/mol. The second kappa shape index (κ2) is 12.4. The second-order valence-corrected chi connectivity index (χ2v) is 13.3. The third kappa shape index (κ3) is 5.91. The Labute approximate surface area is 282 Å². The molecule has 5 heteroatoms. The van der Waals surface area contributed by atoms with E-state index in [0.717, 1.165) is 61.5 Å². The van der Waals surface area contributed by atoms with E-state index in [1.807, 2.05) is 48.7 Å². The molecule has 0 saturated heterocycles. The van der Waals surface area contributed by atoms with Crippen LogP contribution < -0.4 is 4.90 Å². The van der Waals surface area contributed by atoms with Gasteiger partial charge in [-0.1, -0.05) is 93.6 Å². The summed E-state index contributed by atoms with van der Waals surface area (Å²) in [6.45, 7) is 10.9. The summed E-state index contributed by atoms with van der Waals surface area (Å²) in [6.07, 6.45) is 1.83. The van der Waals surface area contributed by atoms with E-state index in [4.69, 9.17) is 15.0 Å². The second-order valence-electron chi connectivity index (χ2n) is 13.3. The van der Waals surface area contributed by atoms with Crippen molar-refractivity contribution in [2.45, 2.75) is 40.0 Å². The smallest absolute Gasteiger partial charge is 0.160 e. The number of hydrogen-bond donors (Lipinski definition) is 1. The van der Waals surface area contributed by atoms with Crippen LogP contribution in [0.4, 0.5) is 17.2 Å². The zero-order valence-corrected chi connectivity index (χ0v) is 27.9. The Kier molecular flexibility index (Phi) is 7.98. The first-order valence-corrected chi connectivity index (χ1v) is 16.3. The summed E-state index contributed by atoms with van der Waals surface area (Å²) in [5.74, 6) is 1.57. The van der Waals surface area contributed by atoms with Crippen molar-refractivity contribution < 1.29 is 5.11 Å². The number of rotatable bonds is 6. The predicted molar refractivity (Wildman–Crippen MR) is 198 cm³/mol. The van der Waals surface area contributed by atoms with Gasteiger partial charge in [0.2, 0.25) is 0 Å². The van der Waals surface area contributed by atoms with Crippen molar-refractivity contribution in [3.8, 4) is 39.7 Å². The van der Waals surface area contributed by atoms with Gasteiger partial charge in [0.25, 0.3) is 0 Å². The number of hydrogen-bond acceptors (Lipinski definition) is 5. The van der Waals surface area contributed by atoms with Gasteiger partial charge in [0, 0.05) is 34.0 Å². The van der Waals surface area contributed by atoms with Gasteiger partial charge in [-0.25, -0.2) is 15.0 Å². The summed E-state index contributed by atoms with van der Waals surface area (Å²) in [6, 6.07) is 43.0. The van der Waals surface area contributed by atoms with Crippen LogP contribution in [0.25, 0.3) is 44.7 Å². The standard InChI is InChI=1S/C43H38N4O/c1-28-14-12-15-29(2)41(28)37-27-36(35-19-8-9-21-39(35)48)45-42(46-37)31-24-32(43(3,4)5)26-33(25-31)47(40-22-10-11-23-44-40)38-20-13-17-30-16-6-7-18-34(30)38/h6-27,48H,1-5H3. The molecule has 0 spiro atoms. The van der Waals surface area contributed by atoms with Crippen LogP contribution >= 0.6 is 0 Å². The minimum Gasteiger partial charge on any atom is -0.507 e. The number of aromatic hydroxyl groups is 1. The molecule has 2 heterocycles. The van der Waals surface area contributed by atoms with Gasteiger partial charge in [-0.2, -0.15) is 0 Å². The zero-order valence-electron chi connectivity index (χ0n) is 27.9. The molecule has 0 saturated carbocycles.